The van der Waals surface area contributed by atoms with Gasteiger partial charge in [-0.25, -0.2) is 4.90 Å². The van der Waals surface area contributed by atoms with Crippen molar-refractivity contribution in [2.24, 2.45) is 5.92 Å². The van der Waals surface area contributed by atoms with E-state index in [9.17, 15) is 45.5 Å². The highest BCUT2D eigenvalue weighted by atomic mass is 32.2. The van der Waals surface area contributed by atoms with Crippen LogP contribution < -0.4 is 19.8 Å². The molecule has 3 amide bonds. The second-order valence-electron chi connectivity index (χ2n) is 10.6. The molecule has 0 bridgehead atoms. The molecular formula is C31H21F6N3O5S2. The Morgan fingerprint density at radius 2 is 1.60 bits per heavy atom. The number of ether oxygens (including phenoxy) is 1. The molecule has 4 aromatic rings. The number of alkyl halides is 6. The molecule has 0 spiro atoms. The number of nitrogens with zero attached hydrogens (tertiary/aromatic N) is 2. The molecular weight excluding hydrogens is 672 g/mol. The highest BCUT2D eigenvalue weighted by Gasteiger charge is 2.57. The number of nitrogens with one attached hydrogen (secondary N) is 1. The minimum absolute atomic E-state index is 0.128. The van der Waals surface area contributed by atoms with E-state index in [2.05, 4.69) is 5.32 Å². The summed E-state index contributed by atoms with van der Waals surface area (Å²) >= 11 is 1.49. The summed E-state index contributed by atoms with van der Waals surface area (Å²) in [6.45, 7) is -0.723. The molecule has 0 saturated carbocycles. The fourth-order valence-corrected chi connectivity index (χ4v) is 8.53. The summed E-state index contributed by atoms with van der Waals surface area (Å²) in [5, 5.41) is 1.09. The quantitative estimate of drug-likeness (QED) is 0.186. The van der Waals surface area contributed by atoms with Crippen LogP contribution in [0.2, 0.25) is 0 Å². The zero-order chi connectivity index (χ0) is 33.8. The van der Waals surface area contributed by atoms with Crippen molar-refractivity contribution in [2.75, 3.05) is 17.3 Å². The first kappa shape index (κ1) is 32.4. The lowest BCUT2D eigenvalue weighted by Gasteiger charge is -2.31. The number of rotatable bonds is 6. The van der Waals surface area contributed by atoms with Gasteiger partial charge >= 0.3 is 17.2 Å². The summed E-state index contributed by atoms with van der Waals surface area (Å²) in [6.07, 6.45) is -9.51. The lowest BCUT2D eigenvalue weighted by atomic mass is 9.82. The van der Waals surface area contributed by atoms with E-state index in [1.165, 1.54) is 19.2 Å². The van der Waals surface area contributed by atoms with Crippen LogP contribution in [0.5, 0.6) is 5.75 Å². The van der Waals surface area contributed by atoms with Crippen LogP contribution in [0.15, 0.2) is 82.6 Å². The predicted octanol–water partition coefficient (Wildman–Crippen LogP) is 6.39. The van der Waals surface area contributed by atoms with Gasteiger partial charge in [0.2, 0.25) is 17.7 Å². The zero-order valence-corrected chi connectivity index (χ0v) is 25.5. The third-order valence-corrected chi connectivity index (χ3v) is 10.4. The molecule has 1 saturated heterocycles. The Morgan fingerprint density at radius 3 is 2.30 bits per heavy atom. The smallest absolute Gasteiger partial charge is 0.418 e. The molecule has 3 aromatic carbocycles. The summed E-state index contributed by atoms with van der Waals surface area (Å²) in [6, 6.07) is 14.6. The first-order valence-corrected chi connectivity index (χ1v) is 15.4. The summed E-state index contributed by atoms with van der Waals surface area (Å²) in [4.78, 5) is 54.6. The molecule has 2 unspecified atom stereocenters. The number of amides is 3. The molecule has 3 atom stereocenters. The Kier molecular flexibility index (Phi) is 8.20. The van der Waals surface area contributed by atoms with Gasteiger partial charge in [-0.3, -0.25) is 23.7 Å². The summed E-state index contributed by atoms with van der Waals surface area (Å²) in [7, 11) is 1.38. The number of carbonyl (C=O) groups is 3. The Balaban J connectivity index is 1.42. The van der Waals surface area contributed by atoms with Crippen LogP contribution in [0.25, 0.3) is 0 Å². The average molecular weight is 694 g/mol. The average Bonchev–Trinajstić information content (AvgIpc) is 3.46. The van der Waals surface area contributed by atoms with Crippen LogP contribution >= 0.6 is 23.1 Å². The number of anilines is 2. The van der Waals surface area contributed by atoms with Gasteiger partial charge in [0.25, 0.3) is 0 Å². The number of para-hydroxylation sites is 2. The van der Waals surface area contributed by atoms with Crippen molar-refractivity contribution in [3.63, 3.8) is 0 Å². The van der Waals surface area contributed by atoms with Crippen molar-refractivity contribution in [1.29, 1.82) is 0 Å². The van der Waals surface area contributed by atoms with Crippen LogP contribution in [0.4, 0.5) is 37.7 Å². The van der Waals surface area contributed by atoms with Crippen molar-refractivity contribution in [3.8, 4) is 5.75 Å². The van der Waals surface area contributed by atoms with E-state index in [0.29, 0.717) is 38.5 Å². The van der Waals surface area contributed by atoms with Gasteiger partial charge in [0, 0.05) is 16.4 Å². The third-order valence-electron chi connectivity index (χ3n) is 7.76. The minimum atomic E-state index is -4.77. The molecule has 0 aliphatic carbocycles. The predicted molar refractivity (Wildman–Crippen MR) is 161 cm³/mol. The van der Waals surface area contributed by atoms with E-state index in [1.807, 2.05) is 0 Å². The van der Waals surface area contributed by atoms with Crippen molar-refractivity contribution in [1.82, 2.24) is 4.57 Å². The molecule has 6 rings (SSSR count). The largest absolute Gasteiger partial charge is 0.496 e. The van der Waals surface area contributed by atoms with Crippen LogP contribution in [-0.4, -0.2) is 34.6 Å². The molecule has 1 fully saturated rings. The van der Waals surface area contributed by atoms with Crippen molar-refractivity contribution >= 4 is 52.2 Å². The van der Waals surface area contributed by atoms with E-state index in [-0.39, 0.29) is 10.7 Å². The van der Waals surface area contributed by atoms with Crippen molar-refractivity contribution in [3.05, 3.63) is 104 Å². The number of hydrogen-bond donors (Lipinski definition) is 1. The monoisotopic (exact) mass is 693 g/mol. The zero-order valence-electron chi connectivity index (χ0n) is 23.9. The van der Waals surface area contributed by atoms with E-state index < -0.39 is 75.4 Å². The fourth-order valence-electron chi connectivity index (χ4n) is 5.76. The Morgan fingerprint density at radius 1 is 0.894 bits per heavy atom. The number of aromatic nitrogens is 1. The number of thioether (sulfide) groups is 1. The molecule has 2 aliphatic rings. The van der Waals surface area contributed by atoms with Crippen LogP contribution in [0, 0.1) is 5.92 Å². The van der Waals surface area contributed by atoms with E-state index in [4.69, 9.17) is 4.74 Å². The van der Waals surface area contributed by atoms with Gasteiger partial charge in [0.15, 0.2) is 0 Å². The second-order valence-corrected chi connectivity index (χ2v) is 12.7. The van der Waals surface area contributed by atoms with Gasteiger partial charge in [-0.05, 0) is 36.4 Å². The van der Waals surface area contributed by atoms with Gasteiger partial charge in [-0.2, -0.15) is 26.3 Å². The van der Waals surface area contributed by atoms with Crippen LogP contribution in [-0.2, 0) is 33.3 Å². The minimum Gasteiger partial charge on any atom is -0.496 e. The summed E-state index contributed by atoms with van der Waals surface area (Å²) in [5.41, 5.74) is -2.55. The number of halogens is 6. The number of methoxy groups -OCH3 is 1. The van der Waals surface area contributed by atoms with Crippen molar-refractivity contribution < 1.29 is 45.5 Å². The molecule has 244 valence electrons. The molecule has 16 heteroatoms. The number of imide groups is 1. The fraction of sp³-hybridized carbons (Fsp3) is 0.226. The standard InChI is InChI=1S/C31H21F6N3O5S2/c1-45-20-12-5-2-9-17(20)22-23-24(27(43)40(26(23)42)16-8-6-7-15(13-16)30(32,33)34)46-28-25(22)47-29(44)39(28)14-21(41)38-19-11-4-3-10-18(19)31(35,36)37/h2-13,22-24H,14H2,1H3,(H,38,41)/t22-,23?,24?/m1/s1. The molecule has 2 aliphatic heterocycles. The number of benzene rings is 3. The molecule has 3 heterocycles. The van der Waals surface area contributed by atoms with E-state index >= 15 is 0 Å². The molecule has 1 aromatic heterocycles. The van der Waals surface area contributed by atoms with Crippen LogP contribution in [0.3, 0.4) is 0 Å². The molecule has 1 N–H and O–H groups in total. The SMILES string of the molecule is COc1ccccc1[C@H]1c2sc(=O)n(CC(=O)Nc3ccccc3C(F)(F)F)c2SC2C(=O)N(c3cccc(C(F)(F)F)c3)C(=O)C21. The lowest BCUT2D eigenvalue weighted by molar-refractivity contribution is -0.138. The van der Waals surface area contributed by atoms with Gasteiger partial charge in [-0.1, -0.05) is 59.5 Å². The second kappa shape index (κ2) is 11.9. The normalized spacial score (nSPS) is 19.4. The third kappa shape index (κ3) is 5.79. The number of hydrogen-bond acceptors (Lipinski definition) is 7. The van der Waals surface area contributed by atoms with Crippen molar-refractivity contribution in [2.45, 2.75) is 35.1 Å². The Hall–Kier alpha value is -4.57. The maximum atomic E-state index is 14.0. The molecule has 47 heavy (non-hydrogen) atoms. The Labute approximate surface area is 269 Å². The van der Waals surface area contributed by atoms with Gasteiger partial charge < -0.3 is 10.1 Å². The number of fused-ring (bicyclic) bond motifs is 2. The van der Waals surface area contributed by atoms with Gasteiger partial charge in [0.1, 0.15) is 17.5 Å². The highest BCUT2D eigenvalue weighted by Crippen LogP contribution is 2.55. The molecule has 8 nitrogen and oxygen atoms in total. The summed E-state index contributed by atoms with van der Waals surface area (Å²) < 4.78 is 87.7. The Bertz CT molecular complexity index is 1970. The maximum Gasteiger partial charge on any atom is 0.418 e. The van der Waals surface area contributed by atoms with Gasteiger partial charge in [0.05, 0.1) is 40.6 Å². The lowest BCUT2D eigenvalue weighted by Crippen LogP contribution is -2.33. The number of thiazole rings is 1. The van der Waals surface area contributed by atoms with E-state index in [1.54, 1.807) is 24.3 Å². The number of carbonyl (C=O) groups excluding carboxylic acids is 3. The van der Waals surface area contributed by atoms with E-state index in [0.717, 1.165) is 46.7 Å². The first-order chi connectivity index (χ1) is 22.2. The maximum absolute atomic E-state index is 14.0. The van der Waals surface area contributed by atoms with Crippen LogP contribution in [0.1, 0.15) is 27.5 Å². The topological polar surface area (TPSA) is 97.7 Å². The van der Waals surface area contributed by atoms with Gasteiger partial charge in [-0.15, -0.1) is 0 Å². The first-order valence-electron chi connectivity index (χ1n) is 13.7. The molecule has 0 radical (unpaired) electrons. The summed E-state index contributed by atoms with van der Waals surface area (Å²) in [5.74, 6) is -4.44. The highest BCUT2D eigenvalue weighted by molar-refractivity contribution is 8.00.